The molecule has 0 aromatic heterocycles. The third-order valence-electron chi connectivity index (χ3n) is 3.41. The fourth-order valence-electron chi connectivity index (χ4n) is 2.25. The predicted octanol–water partition coefficient (Wildman–Crippen LogP) is 2.45. The Morgan fingerprint density at radius 3 is 2.55 bits per heavy atom. The van der Waals surface area contributed by atoms with E-state index >= 15 is 0 Å². The molecule has 114 valence electrons. The number of anilines is 3. The number of hydrazone groups is 1. The van der Waals surface area contributed by atoms with Crippen LogP contribution < -0.4 is 15.9 Å². The Morgan fingerprint density at radius 2 is 1.86 bits per heavy atom. The standard InChI is InChI=1S/C14H12N4O4/c19-17(20)10-5-6-12(14(8-10)18(21)22)15-16-13-7-9-3-1-2-4-11(9)13/h1-6,8,15,21-22H,7H2/q-2. The van der Waals surface area contributed by atoms with Crippen LogP contribution in [0.15, 0.2) is 47.6 Å². The lowest BCUT2D eigenvalue weighted by atomic mass is 9.87. The molecule has 2 aromatic carbocycles. The van der Waals surface area contributed by atoms with Crippen LogP contribution >= 0.6 is 0 Å². The summed E-state index contributed by atoms with van der Waals surface area (Å²) in [5, 5.41) is 43.2. The van der Waals surface area contributed by atoms with E-state index in [-0.39, 0.29) is 22.3 Å². The molecule has 1 aliphatic rings. The Kier molecular flexibility index (Phi) is 3.65. The van der Waals surface area contributed by atoms with Crippen LogP contribution in [-0.2, 0) is 6.42 Å². The van der Waals surface area contributed by atoms with Crippen molar-refractivity contribution in [3.8, 4) is 0 Å². The van der Waals surface area contributed by atoms with Crippen LogP contribution in [0.3, 0.4) is 0 Å². The van der Waals surface area contributed by atoms with E-state index in [1.54, 1.807) is 0 Å². The number of hydrogen-bond donors (Lipinski definition) is 3. The number of nitrogens with zero attached hydrogens (tertiary/aromatic N) is 3. The molecule has 2 aromatic rings. The molecule has 1 aliphatic carbocycles. The molecule has 0 bridgehead atoms. The van der Waals surface area contributed by atoms with Crippen molar-refractivity contribution < 1.29 is 10.4 Å². The number of fused-ring (bicyclic) bond motifs is 1. The smallest absolute Gasteiger partial charge is 0.121 e. The molecule has 0 atom stereocenters. The summed E-state index contributed by atoms with van der Waals surface area (Å²) < 4.78 is 0. The highest BCUT2D eigenvalue weighted by atomic mass is 16.8. The van der Waals surface area contributed by atoms with E-state index in [0.717, 1.165) is 17.3 Å². The average Bonchev–Trinajstić information content (AvgIpc) is 2.48. The number of benzene rings is 2. The van der Waals surface area contributed by atoms with Crippen molar-refractivity contribution in [2.75, 3.05) is 15.9 Å². The van der Waals surface area contributed by atoms with Gasteiger partial charge in [-0.15, -0.1) is 5.23 Å². The molecule has 0 heterocycles. The molecule has 0 spiro atoms. The van der Waals surface area contributed by atoms with Gasteiger partial charge in [0, 0.05) is 17.7 Å². The van der Waals surface area contributed by atoms with Crippen molar-refractivity contribution in [2.45, 2.75) is 6.42 Å². The Morgan fingerprint density at radius 1 is 1.09 bits per heavy atom. The second kappa shape index (κ2) is 5.62. The number of rotatable bonds is 4. The highest BCUT2D eigenvalue weighted by molar-refractivity contribution is 6.10. The third kappa shape index (κ3) is 2.59. The Hall–Kier alpha value is -2.65. The highest BCUT2D eigenvalue weighted by Gasteiger charge is 2.20. The summed E-state index contributed by atoms with van der Waals surface area (Å²) in [4.78, 5) is 0. The fourth-order valence-corrected chi connectivity index (χ4v) is 2.25. The minimum absolute atomic E-state index is 0.161. The lowest BCUT2D eigenvalue weighted by Gasteiger charge is -2.37. The van der Waals surface area contributed by atoms with Gasteiger partial charge in [0.25, 0.3) is 0 Å². The zero-order valence-corrected chi connectivity index (χ0v) is 11.3. The van der Waals surface area contributed by atoms with E-state index in [9.17, 15) is 20.8 Å². The van der Waals surface area contributed by atoms with Gasteiger partial charge in [-0.05, 0) is 23.8 Å². The maximum absolute atomic E-state index is 10.7. The molecular weight excluding hydrogens is 288 g/mol. The molecule has 0 fully saturated rings. The first-order valence-electron chi connectivity index (χ1n) is 6.43. The summed E-state index contributed by atoms with van der Waals surface area (Å²) in [6.07, 6.45) is 0.716. The van der Waals surface area contributed by atoms with E-state index in [1.807, 2.05) is 24.3 Å². The van der Waals surface area contributed by atoms with Crippen LogP contribution in [0.25, 0.3) is 0 Å². The SMILES string of the molecule is [O-]N([O-])c1ccc(NN=C2Cc3ccccc32)c(N(O)O)c1. The summed E-state index contributed by atoms with van der Waals surface area (Å²) in [5.74, 6) is 0. The molecule has 8 nitrogen and oxygen atoms in total. The maximum atomic E-state index is 10.7. The monoisotopic (exact) mass is 300 g/mol. The Labute approximate surface area is 125 Å². The second-order valence-electron chi connectivity index (χ2n) is 4.75. The molecule has 0 saturated carbocycles. The van der Waals surface area contributed by atoms with Crippen LogP contribution in [-0.4, -0.2) is 16.1 Å². The van der Waals surface area contributed by atoms with E-state index in [4.69, 9.17) is 0 Å². The summed E-state index contributed by atoms with van der Waals surface area (Å²) in [5.41, 5.74) is 5.59. The van der Waals surface area contributed by atoms with Crippen molar-refractivity contribution in [3.05, 3.63) is 64.0 Å². The third-order valence-corrected chi connectivity index (χ3v) is 3.41. The van der Waals surface area contributed by atoms with Gasteiger partial charge in [-0.3, -0.25) is 15.8 Å². The van der Waals surface area contributed by atoms with Crippen LogP contribution in [0.2, 0.25) is 0 Å². The summed E-state index contributed by atoms with van der Waals surface area (Å²) in [6, 6.07) is 11.5. The van der Waals surface area contributed by atoms with E-state index in [1.165, 1.54) is 17.7 Å². The molecule has 0 saturated heterocycles. The Bertz CT molecular complexity index is 731. The lowest BCUT2D eigenvalue weighted by Crippen LogP contribution is -2.21. The molecule has 3 N–H and O–H groups in total. The quantitative estimate of drug-likeness (QED) is 0.742. The Balaban J connectivity index is 1.84. The molecular formula is C14H12N4O4-2. The lowest BCUT2D eigenvalue weighted by molar-refractivity contribution is 0.0295. The van der Waals surface area contributed by atoms with Gasteiger partial charge in [-0.1, -0.05) is 24.3 Å². The minimum Gasteiger partial charge on any atom is -0.769 e. The van der Waals surface area contributed by atoms with Gasteiger partial charge in [0.05, 0.1) is 11.4 Å². The van der Waals surface area contributed by atoms with Crippen LogP contribution in [0.4, 0.5) is 17.1 Å². The minimum atomic E-state index is -0.620. The number of hydrogen-bond acceptors (Lipinski definition) is 8. The van der Waals surface area contributed by atoms with E-state index in [0.29, 0.717) is 6.42 Å². The van der Waals surface area contributed by atoms with Gasteiger partial charge in [-0.25, -0.2) is 0 Å². The van der Waals surface area contributed by atoms with Crippen LogP contribution in [0.5, 0.6) is 0 Å². The maximum Gasteiger partial charge on any atom is 0.121 e. The van der Waals surface area contributed by atoms with Crippen LogP contribution in [0.1, 0.15) is 11.1 Å². The topological polar surface area (TPSA) is 117 Å². The predicted molar refractivity (Wildman–Crippen MR) is 82.0 cm³/mol. The van der Waals surface area contributed by atoms with Crippen molar-refractivity contribution >= 4 is 22.8 Å². The fraction of sp³-hybridized carbons (Fsp3) is 0.0714. The van der Waals surface area contributed by atoms with Gasteiger partial charge in [-0.2, -0.15) is 5.10 Å². The van der Waals surface area contributed by atoms with Gasteiger partial charge in [0.15, 0.2) is 0 Å². The average molecular weight is 300 g/mol. The molecule has 0 aliphatic heterocycles. The second-order valence-corrected chi connectivity index (χ2v) is 4.75. The zero-order valence-electron chi connectivity index (χ0n) is 11.3. The van der Waals surface area contributed by atoms with Gasteiger partial charge >= 0.3 is 0 Å². The highest BCUT2D eigenvalue weighted by Crippen LogP contribution is 2.30. The van der Waals surface area contributed by atoms with Gasteiger partial charge < -0.3 is 15.6 Å². The van der Waals surface area contributed by atoms with Crippen molar-refractivity contribution in [1.82, 2.24) is 0 Å². The van der Waals surface area contributed by atoms with Gasteiger partial charge in [0.1, 0.15) is 5.69 Å². The normalized spacial score (nSPS) is 14.3. The first kappa shape index (κ1) is 14.3. The summed E-state index contributed by atoms with van der Waals surface area (Å²) >= 11 is 0. The van der Waals surface area contributed by atoms with Crippen molar-refractivity contribution in [2.24, 2.45) is 5.10 Å². The molecule has 0 radical (unpaired) electrons. The van der Waals surface area contributed by atoms with Crippen LogP contribution in [0, 0.1) is 10.4 Å². The summed E-state index contributed by atoms with van der Waals surface area (Å²) in [6.45, 7) is 0. The largest absolute Gasteiger partial charge is 0.769 e. The number of nitrogens with one attached hydrogen (secondary N) is 1. The zero-order chi connectivity index (χ0) is 15.7. The molecule has 0 unspecified atom stereocenters. The van der Waals surface area contributed by atoms with Crippen molar-refractivity contribution in [3.63, 3.8) is 0 Å². The first-order chi connectivity index (χ1) is 10.6. The summed E-state index contributed by atoms with van der Waals surface area (Å²) in [7, 11) is 0. The molecule has 0 amide bonds. The molecule has 8 heteroatoms. The molecule has 3 rings (SSSR count). The van der Waals surface area contributed by atoms with Crippen molar-refractivity contribution in [1.29, 1.82) is 0 Å². The van der Waals surface area contributed by atoms with E-state index in [2.05, 4.69) is 10.5 Å². The molecule has 22 heavy (non-hydrogen) atoms. The van der Waals surface area contributed by atoms with E-state index < -0.39 is 5.23 Å². The first-order valence-corrected chi connectivity index (χ1v) is 6.43. The van der Waals surface area contributed by atoms with Gasteiger partial charge in [0.2, 0.25) is 0 Å².